The highest BCUT2D eigenvalue weighted by atomic mass is 32.2. The quantitative estimate of drug-likeness (QED) is 0.692. The molecule has 140 valence electrons. The highest BCUT2D eigenvalue weighted by molar-refractivity contribution is 7.89. The number of hydrogen-bond donors (Lipinski definition) is 2. The van der Waals surface area contributed by atoms with Crippen LogP contribution >= 0.6 is 0 Å². The molecule has 1 saturated carbocycles. The Balaban J connectivity index is 1.80. The van der Waals surface area contributed by atoms with Gasteiger partial charge in [0.1, 0.15) is 0 Å². The maximum Gasteiger partial charge on any atom is 0.238 e. The van der Waals surface area contributed by atoms with Gasteiger partial charge in [0.05, 0.1) is 11.4 Å². The molecule has 3 N–H and O–H groups in total. The van der Waals surface area contributed by atoms with Gasteiger partial charge in [0.15, 0.2) is 0 Å². The van der Waals surface area contributed by atoms with Gasteiger partial charge in [-0.15, -0.1) is 0 Å². The van der Waals surface area contributed by atoms with Gasteiger partial charge in [-0.05, 0) is 49.8 Å². The Morgan fingerprint density at radius 2 is 1.84 bits per heavy atom. The predicted molar refractivity (Wildman–Crippen MR) is 98.6 cm³/mol. The minimum absolute atomic E-state index is 0.0422. The lowest BCUT2D eigenvalue weighted by molar-refractivity contribution is -0.123. The van der Waals surface area contributed by atoms with E-state index in [4.69, 9.17) is 5.14 Å². The molecule has 1 atom stereocenters. The number of amides is 1. The average molecular weight is 368 g/mol. The third-order valence-corrected chi connectivity index (χ3v) is 5.75. The zero-order valence-corrected chi connectivity index (χ0v) is 16.1. The third-order valence-electron chi connectivity index (χ3n) is 4.82. The molecule has 0 aromatic heterocycles. The van der Waals surface area contributed by atoms with Crippen LogP contribution in [0.2, 0.25) is 0 Å². The van der Waals surface area contributed by atoms with Crippen molar-refractivity contribution in [1.29, 1.82) is 0 Å². The van der Waals surface area contributed by atoms with Crippen LogP contribution in [0, 0.1) is 5.92 Å². The Bertz CT molecular complexity index is 682. The maximum absolute atomic E-state index is 12.2. The van der Waals surface area contributed by atoms with E-state index in [0.717, 1.165) is 5.56 Å². The molecule has 2 rings (SSSR count). The Hall–Kier alpha value is -1.44. The fraction of sp³-hybridized carbons (Fsp3) is 0.611. The molecule has 6 nitrogen and oxygen atoms in total. The van der Waals surface area contributed by atoms with Crippen molar-refractivity contribution in [2.75, 3.05) is 13.1 Å². The molecule has 1 amide bonds. The van der Waals surface area contributed by atoms with Crippen molar-refractivity contribution in [2.45, 2.75) is 57.0 Å². The van der Waals surface area contributed by atoms with Crippen molar-refractivity contribution in [2.24, 2.45) is 11.1 Å². The molecule has 1 aromatic rings. The molecule has 0 heterocycles. The molecule has 25 heavy (non-hydrogen) atoms. The number of nitrogens with two attached hydrogens (primary N) is 1. The summed E-state index contributed by atoms with van der Waals surface area (Å²) >= 11 is 0. The number of hydrogen-bond acceptors (Lipinski definition) is 4. The van der Waals surface area contributed by atoms with Gasteiger partial charge in [0.2, 0.25) is 15.9 Å². The number of primary sulfonamides is 1. The first-order valence-electron chi connectivity index (χ1n) is 8.82. The zero-order chi connectivity index (χ0) is 18.6. The minimum Gasteiger partial charge on any atom is -0.355 e. The summed E-state index contributed by atoms with van der Waals surface area (Å²) < 4.78 is 22.5. The van der Waals surface area contributed by atoms with Gasteiger partial charge in [-0.3, -0.25) is 9.69 Å². The van der Waals surface area contributed by atoms with Gasteiger partial charge in [-0.1, -0.05) is 26.0 Å². The van der Waals surface area contributed by atoms with Crippen molar-refractivity contribution >= 4 is 15.9 Å². The summed E-state index contributed by atoms with van der Waals surface area (Å²) in [5, 5.41) is 8.04. The largest absolute Gasteiger partial charge is 0.355 e. The van der Waals surface area contributed by atoms with Gasteiger partial charge in [0.25, 0.3) is 0 Å². The first-order chi connectivity index (χ1) is 11.7. The van der Waals surface area contributed by atoms with Crippen LogP contribution in [0.25, 0.3) is 0 Å². The molecule has 0 radical (unpaired) electrons. The number of nitrogens with zero attached hydrogens (tertiary/aromatic N) is 1. The molecule has 0 saturated heterocycles. The number of carbonyl (C=O) groups is 1. The molecular weight excluding hydrogens is 338 g/mol. The van der Waals surface area contributed by atoms with Crippen LogP contribution in [0.5, 0.6) is 0 Å². The van der Waals surface area contributed by atoms with Crippen LogP contribution in [0.15, 0.2) is 29.2 Å². The first-order valence-corrected chi connectivity index (χ1v) is 10.4. The molecular formula is C18H29N3O3S. The Morgan fingerprint density at radius 3 is 2.32 bits per heavy atom. The Kier molecular flexibility index (Phi) is 6.59. The second-order valence-corrected chi connectivity index (χ2v) is 8.74. The van der Waals surface area contributed by atoms with Crippen LogP contribution in [-0.2, 0) is 21.2 Å². The third kappa shape index (κ3) is 6.09. The first kappa shape index (κ1) is 19.9. The highest BCUT2D eigenvalue weighted by Crippen LogP contribution is 2.30. The number of carbonyl (C=O) groups excluding carboxylic acids is 1. The molecule has 1 aliphatic carbocycles. The Morgan fingerprint density at radius 1 is 1.24 bits per heavy atom. The molecule has 1 fully saturated rings. The summed E-state index contributed by atoms with van der Waals surface area (Å²) in [7, 11) is -3.66. The molecule has 7 heteroatoms. The average Bonchev–Trinajstić information content (AvgIpc) is 3.36. The molecule has 1 aromatic carbocycles. The van der Waals surface area contributed by atoms with Crippen LogP contribution in [0.1, 0.15) is 39.2 Å². The lowest BCUT2D eigenvalue weighted by Crippen LogP contribution is -2.45. The summed E-state index contributed by atoms with van der Waals surface area (Å²) in [6.45, 7) is 7.52. The van der Waals surface area contributed by atoms with Crippen molar-refractivity contribution in [3.8, 4) is 0 Å². The van der Waals surface area contributed by atoms with Crippen LogP contribution in [-0.4, -0.2) is 44.4 Å². The standard InChI is InChI=1S/C18H29N3O3S/c1-13(2)14(3)21(16-6-7-16)12-18(22)20-11-10-15-4-8-17(9-5-15)25(19,23)24/h4-5,8-9,13-14,16H,6-7,10-12H2,1-3H3,(H,20,22)(H2,19,23,24)/t14-/m0/s1. The van der Waals surface area contributed by atoms with E-state index < -0.39 is 10.0 Å². The molecule has 0 spiro atoms. The van der Waals surface area contributed by atoms with Crippen molar-refractivity contribution in [3.63, 3.8) is 0 Å². The van der Waals surface area contributed by atoms with E-state index in [1.54, 1.807) is 12.1 Å². The van der Waals surface area contributed by atoms with Gasteiger partial charge >= 0.3 is 0 Å². The number of nitrogens with one attached hydrogen (secondary N) is 1. The summed E-state index contributed by atoms with van der Waals surface area (Å²) in [5.41, 5.74) is 0.960. The molecule has 0 bridgehead atoms. The number of sulfonamides is 1. The monoisotopic (exact) mass is 367 g/mol. The maximum atomic E-state index is 12.2. The summed E-state index contributed by atoms with van der Waals surface area (Å²) in [5.74, 6) is 0.561. The predicted octanol–water partition coefficient (Wildman–Crippen LogP) is 1.50. The van der Waals surface area contributed by atoms with Crippen LogP contribution < -0.4 is 10.5 Å². The summed E-state index contributed by atoms with van der Waals surface area (Å²) in [6.07, 6.45) is 3.02. The van der Waals surface area contributed by atoms with Crippen molar-refractivity contribution in [3.05, 3.63) is 29.8 Å². The van der Waals surface area contributed by atoms with E-state index in [-0.39, 0.29) is 10.8 Å². The van der Waals surface area contributed by atoms with Gasteiger partial charge in [0, 0.05) is 18.6 Å². The van der Waals surface area contributed by atoms with Gasteiger partial charge in [-0.2, -0.15) is 0 Å². The van der Waals surface area contributed by atoms with Crippen LogP contribution in [0.4, 0.5) is 0 Å². The number of benzene rings is 1. The van der Waals surface area contributed by atoms with Gasteiger partial charge in [-0.25, -0.2) is 13.6 Å². The second kappa shape index (κ2) is 8.29. The van der Waals surface area contributed by atoms with E-state index in [2.05, 4.69) is 31.0 Å². The van der Waals surface area contributed by atoms with Gasteiger partial charge < -0.3 is 5.32 Å². The number of rotatable bonds is 9. The minimum atomic E-state index is -3.66. The molecule has 0 aliphatic heterocycles. The molecule has 1 aliphatic rings. The summed E-state index contributed by atoms with van der Waals surface area (Å²) in [4.78, 5) is 14.6. The van der Waals surface area contributed by atoms with Crippen molar-refractivity contribution < 1.29 is 13.2 Å². The smallest absolute Gasteiger partial charge is 0.238 e. The normalized spacial score (nSPS) is 16.2. The van der Waals surface area contributed by atoms with E-state index in [0.29, 0.717) is 37.5 Å². The highest BCUT2D eigenvalue weighted by Gasteiger charge is 2.34. The lowest BCUT2D eigenvalue weighted by atomic mass is 10.0. The topological polar surface area (TPSA) is 92.5 Å². The fourth-order valence-corrected chi connectivity index (χ4v) is 3.32. The molecule has 0 unspecified atom stereocenters. The van der Waals surface area contributed by atoms with E-state index >= 15 is 0 Å². The van der Waals surface area contributed by atoms with E-state index in [9.17, 15) is 13.2 Å². The van der Waals surface area contributed by atoms with E-state index in [1.165, 1.54) is 25.0 Å². The van der Waals surface area contributed by atoms with E-state index in [1.807, 2.05) is 0 Å². The second-order valence-electron chi connectivity index (χ2n) is 7.18. The lowest BCUT2D eigenvalue weighted by Gasteiger charge is -2.31. The van der Waals surface area contributed by atoms with Crippen LogP contribution in [0.3, 0.4) is 0 Å². The Labute approximate surface area is 150 Å². The SMILES string of the molecule is CC(C)[C@H](C)N(CC(=O)NCCc1ccc(S(N)(=O)=O)cc1)C1CC1. The fourth-order valence-electron chi connectivity index (χ4n) is 2.81. The zero-order valence-electron chi connectivity index (χ0n) is 15.2. The van der Waals surface area contributed by atoms with Crippen molar-refractivity contribution in [1.82, 2.24) is 10.2 Å². The summed E-state index contributed by atoms with van der Waals surface area (Å²) in [6, 6.07) is 7.38.